The fourth-order valence-electron chi connectivity index (χ4n) is 1.87. The van der Waals surface area contributed by atoms with Crippen LogP contribution >= 0.6 is 11.6 Å². The first-order valence-corrected chi connectivity index (χ1v) is 6.17. The minimum absolute atomic E-state index is 0.544. The highest BCUT2D eigenvalue weighted by Gasteiger charge is 2.04. The van der Waals surface area contributed by atoms with Crippen LogP contribution in [-0.4, -0.2) is 14.1 Å². The van der Waals surface area contributed by atoms with Crippen LogP contribution in [0, 0.1) is 0 Å². The van der Waals surface area contributed by atoms with Crippen LogP contribution < -0.4 is 4.90 Å². The number of halogens is 1. The molecule has 2 heteroatoms. The van der Waals surface area contributed by atoms with Gasteiger partial charge in [0.05, 0.1) is 0 Å². The quantitative estimate of drug-likeness (QED) is 0.734. The Bertz CT molecular complexity index is 506. The molecule has 0 fully saturated rings. The smallest absolute Gasteiger partial charge is 0.0480 e. The largest absolute Gasteiger partial charge is 0.378 e. The van der Waals surface area contributed by atoms with E-state index in [4.69, 9.17) is 11.6 Å². The Labute approximate surface area is 108 Å². The molecule has 0 radical (unpaired) electrons. The lowest BCUT2D eigenvalue weighted by Gasteiger charge is -2.14. The number of hydrogen-bond donors (Lipinski definition) is 0. The van der Waals surface area contributed by atoms with E-state index in [1.165, 1.54) is 22.4 Å². The first-order valence-electron chi connectivity index (χ1n) is 5.64. The van der Waals surface area contributed by atoms with Crippen molar-refractivity contribution < 1.29 is 0 Å². The fourth-order valence-corrected chi connectivity index (χ4v) is 2.10. The van der Waals surface area contributed by atoms with Gasteiger partial charge in [0, 0.05) is 25.7 Å². The molecule has 0 unspecified atom stereocenters. The minimum atomic E-state index is 0.544. The summed E-state index contributed by atoms with van der Waals surface area (Å²) in [4.78, 5) is 2.10. The molecule has 0 heterocycles. The van der Waals surface area contributed by atoms with E-state index in [1.807, 2.05) is 26.2 Å². The first kappa shape index (κ1) is 12.0. The van der Waals surface area contributed by atoms with Crippen molar-refractivity contribution >= 4 is 17.3 Å². The lowest BCUT2D eigenvalue weighted by Crippen LogP contribution is -2.08. The zero-order chi connectivity index (χ0) is 12.3. The van der Waals surface area contributed by atoms with Gasteiger partial charge in [0.1, 0.15) is 0 Å². The molecule has 88 valence electrons. The maximum atomic E-state index is 5.97. The highest BCUT2D eigenvalue weighted by atomic mass is 35.5. The molecule has 0 atom stereocenters. The van der Waals surface area contributed by atoms with Crippen molar-refractivity contribution in [2.75, 3.05) is 19.0 Å². The van der Waals surface area contributed by atoms with E-state index in [1.54, 1.807) is 0 Å². The van der Waals surface area contributed by atoms with Gasteiger partial charge in [-0.05, 0) is 28.8 Å². The van der Waals surface area contributed by atoms with Gasteiger partial charge in [0.25, 0.3) is 0 Å². The number of rotatable bonds is 3. The summed E-state index contributed by atoms with van der Waals surface area (Å²) < 4.78 is 0. The predicted molar refractivity (Wildman–Crippen MR) is 75.8 cm³/mol. The van der Waals surface area contributed by atoms with Crippen LogP contribution in [0.15, 0.2) is 48.5 Å². The molecule has 2 aromatic carbocycles. The zero-order valence-electron chi connectivity index (χ0n) is 10.2. The Morgan fingerprint density at radius 3 is 2.47 bits per heavy atom. The summed E-state index contributed by atoms with van der Waals surface area (Å²) in [6.07, 6.45) is 0. The summed E-state index contributed by atoms with van der Waals surface area (Å²) in [5, 5.41) is 0. The summed E-state index contributed by atoms with van der Waals surface area (Å²) in [6.45, 7) is 0. The second-order valence-corrected chi connectivity index (χ2v) is 4.50. The van der Waals surface area contributed by atoms with Crippen LogP contribution in [0.4, 0.5) is 5.69 Å². The molecule has 0 spiro atoms. The second kappa shape index (κ2) is 5.24. The van der Waals surface area contributed by atoms with Crippen molar-refractivity contribution in [3.63, 3.8) is 0 Å². The Kier molecular flexibility index (Phi) is 3.70. The van der Waals surface area contributed by atoms with Crippen LogP contribution in [0.3, 0.4) is 0 Å². The average Bonchev–Trinajstić information content (AvgIpc) is 2.39. The molecule has 2 aromatic rings. The average molecular weight is 246 g/mol. The standard InChI is InChI=1S/C15H16ClN/c1-17(2)14-8-5-7-12(10-14)15-9-4-3-6-13(15)11-16/h3-10H,11H2,1-2H3. The summed E-state index contributed by atoms with van der Waals surface area (Å²) >= 11 is 5.97. The lowest BCUT2D eigenvalue weighted by molar-refractivity contribution is 1.13. The SMILES string of the molecule is CN(C)c1cccc(-c2ccccc2CCl)c1. The summed E-state index contributed by atoms with van der Waals surface area (Å²) in [5.41, 5.74) is 4.80. The molecule has 1 nitrogen and oxygen atoms in total. The van der Waals surface area contributed by atoms with E-state index >= 15 is 0 Å². The molecule has 0 amide bonds. The number of anilines is 1. The van der Waals surface area contributed by atoms with Crippen molar-refractivity contribution in [1.29, 1.82) is 0 Å². The molecule has 0 aliphatic carbocycles. The maximum Gasteiger partial charge on any atom is 0.0480 e. The molecule has 0 aliphatic heterocycles. The van der Waals surface area contributed by atoms with Crippen LogP contribution in [0.2, 0.25) is 0 Å². The summed E-state index contributed by atoms with van der Waals surface area (Å²) in [7, 11) is 4.10. The van der Waals surface area contributed by atoms with E-state index in [9.17, 15) is 0 Å². The molecule has 2 rings (SSSR count). The Hall–Kier alpha value is -1.47. The molecular weight excluding hydrogens is 230 g/mol. The summed E-state index contributed by atoms with van der Waals surface area (Å²) in [5.74, 6) is 0.544. The van der Waals surface area contributed by atoms with Gasteiger partial charge < -0.3 is 4.90 Å². The van der Waals surface area contributed by atoms with Gasteiger partial charge >= 0.3 is 0 Å². The Balaban J connectivity index is 2.49. The van der Waals surface area contributed by atoms with Gasteiger partial charge in [-0.2, -0.15) is 0 Å². The minimum Gasteiger partial charge on any atom is -0.378 e. The number of alkyl halides is 1. The number of nitrogens with zero attached hydrogens (tertiary/aromatic N) is 1. The monoisotopic (exact) mass is 245 g/mol. The van der Waals surface area contributed by atoms with E-state index in [2.05, 4.69) is 41.3 Å². The molecule has 17 heavy (non-hydrogen) atoms. The topological polar surface area (TPSA) is 3.24 Å². The van der Waals surface area contributed by atoms with E-state index in [-0.39, 0.29) is 0 Å². The van der Waals surface area contributed by atoms with Gasteiger partial charge in [0.15, 0.2) is 0 Å². The van der Waals surface area contributed by atoms with E-state index in [0.29, 0.717) is 5.88 Å². The van der Waals surface area contributed by atoms with Crippen LogP contribution in [0.25, 0.3) is 11.1 Å². The third-order valence-corrected chi connectivity index (χ3v) is 3.12. The molecule has 0 saturated heterocycles. The van der Waals surface area contributed by atoms with Crippen molar-refractivity contribution in [1.82, 2.24) is 0 Å². The molecular formula is C15H16ClN. The molecule has 0 bridgehead atoms. The normalized spacial score (nSPS) is 10.3. The number of benzene rings is 2. The van der Waals surface area contributed by atoms with Crippen molar-refractivity contribution in [3.8, 4) is 11.1 Å². The van der Waals surface area contributed by atoms with Gasteiger partial charge in [0.2, 0.25) is 0 Å². The third-order valence-electron chi connectivity index (χ3n) is 2.83. The second-order valence-electron chi connectivity index (χ2n) is 4.24. The molecule has 0 aromatic heterocycles. The first-order chi connectivity index (χ1) is 8.22. The lowest BCUT2D eigenvalue weighted by atomic mass is 10.00. The fraction of sp³-hybridized carbons (Fsp3) is 0.200. The number of hydrogen-bond acceptors (Lipinski definition) is 1. The van der Waals surface area contributed by atoms with Crippen LogP contribution in [0.5, 0.6) is 0 Å². The van der Waals surface area contributed by atoms with E-state index < -0.39 is 0 Å². The highest BCUT2D eigenvalue weighted by molar-refractivity contribution is 6.17. The highest BCUT2D eigenvalue weighted by Crippen LogP contribution is 2.27. The Morgan fingerprint density at radius 2 is 1.76 bits per heavy atom. The molecule has 0 saturated carbocycles. The van der Waals surface area contributed by atoms with Gasteiger partial charge in [-0.15, -0.1) is 11.6 Å². The third kappa shape index (κ3) is 2.62. The Morgan fingerprint density at radius 1 is 1.00 bits per heavy atom. The van der Waals surface area contributed by atoms with Crippen LogP contribution in [-0.2, 0) is 5.88 Å². The van der Waals surface area contributed by atoms with Gasteiger partial charge in [-0.3, -0.25) is 0 Å². The van der Waals surface area contributed by atoms with Crippen molar-refractivity contribution in [2.24, 2.45) is 0 Å². The maximum absolute atomic E-state index is 5.97. The summed E-state index contributed by atoms with van der Waals surface area (Å²) in [6, 6.07) is 16.8. The van der Waals surface area contributed by atoms with Gasteiger partial charge in [-0.1, -0.05) is 36.4 Å². The van der Waals surface area contributed by atoms with Crippen molar-refractivity contribution in [3.05, 3.63) is 54.1 Å². The van der Waals surface area contributed by atoms with Gasteiger partial charge in [-0.25, -0.2) is 0 Å². The van der Waals surface area contributed by atoms with Crippen LogP contribution in [0.1, 0.15) is 5.56 Å². The molecule has 0 N–H and O–H groups in total. The predicted octanol–water partition coefficient (Wildman–Crippen LogP) is 4.16. The zero-order valence-corrected chi connectivity index (χ0v) is 10.9. The molecule has 0 aliphatic rings. The van der Waals surface area contributed by atoms with E-state index in [0.717, 1.165) is 0 Å². The van der Waals surface area contributed by atoms with Crippen molar-refractivity contribution in [2.45, 2.75) is 5.88 Å².